The van der Waals surface area contributed by atoms with E-state index in [1.165, 1.54) is 22.6 Å². The van der Waals surface area contributed by atoms with E-state index < -0.39 is 30.9 Å². The van der Waals surface area contributed by atoms with Gasteiger partial charge in [-0.05, 0) is 12.1 Å². The molecule has 3 amide bonds. The van der Waals surface area contributed by atoms with E-state index in [1.807, 2.05) is 18.2 Å². The fourth-order valence-corrected chi connectivity index (χ4v) is 4.54. The number of carbonyl (C=O) groups excluding carboxylic acids is 3. The number of carbonyl (C=O) groups is 4. The molecular formula is C18H26N4O5S2. The standard InChI is InChI=1S/C18H26N4O5S2/c1-12(23)20-15(10-28-29-11-16(18(26)27)21-13(2)24)17(25)22(3)9-7-14-6-4-5-8-19-14/h4-6,8,15-16H,7,9-11H2,1-3H3,(H,20,23)(H,21,24)(H,26,27)/t15-,16-/m0/s1/i2D. The molecule has 0 saturated heterocycles. The van der Waals surface area contributed by atoms with Crippen molar-refractivity contribution in [2.45, 2.75) is 32.3 Å². The number of rotatable bonds is 12. The van der Waals surface area contributed by atoms with Crippen LogP contribution >= 0.6 is 21.6 Å². The fraction of sp³-hybridized carbons (Fsp3) is 0.500. The number of aromatic nitrogens is 1. The molecule has 160 valence electrons. The lowest BCUT2D eigenvalue weighted by Crippen LogP contribution is -2.48. The normalized spacial score (nSPS) is 13.0. The molecule has 0 aliphatic rings. The van der Waals surface area contributed by atoms with Gasteiger partial charge in [-0.1, -0.05) is 27.7 Å². The number of carboxylic acid groups (broad SMARTS) is 1. The Labute approximate surface area is 179 Å². The minimum Gasteiger partial charge on any atom is -0.480 e. The van der Waals surface area contributed by atoms with Crippen molar-refractivity contribution in [2.75, 3.05) is 25.1 Å². The monoisotopic (exact) mass is 443 g/mol. The first-order valence-electron chi connectivity index (χ1n) is 9.43. The van der Waals surface area contributed by atoms with E-state index in [9.17, 15) is 19.2 Å². The van der Waals surface area contributed by atoms with Crippen LogP contribution < -0.4 is 10.6 Å². The summed E-state index contributed by atoms with van der Waals surface area (Å²) >= 11 is 0. The lowest BCUT2D eigenvalue weighted by molar-refractivity contribution is -0.140. The predicted octanol–water partition coefficient (Wildman–Crippen LogP) is 0.558. The van der Waals surface area contributed by atoms with Gasteiger partial charge in [0.25, 0.3) is 0 Å². The number of likely N-dealkylation sites (N-methyl/N-ethyl adjacent to an activating group) is 1. The molecular weight excluding hydrogens is 416 g/mol. The summed E-state index contributed by atoms with van der Waals surface area (Å²) in [4.78, 5) is 52.4. The molecule has 1 rings (SSSR count). The van der Waals surface area contributed by atoms with Crippen molar-refractivity contribution in [1.82, 2.24) is 20.5 Å². The number of pyridine rings is 1. The molecule has 0 unspecified atom stereocenters. The van der Waals surface area contributed by atoms with Gasteiger partial charge in [0.1, 0.15) is 12.1 Å². The average molecular weight is 444 g/mol. The zero-order valence-corrected chi connectivity index (χ0v) is 17.9. The van der Waals surface area contributed by atoms with Crippen molar-refractivity contribution < 1.29 is 25.7 Å². The van der Waals surface area contributed by atoms with Crippen LogP contribution in [0.25, 0.3) is 0 Å². The third-order valence-electron chi connectivity index (χ3n) is 3.67. The van der Waals surface area contributed by atoms with Crippen LogP contribution in [-0.2, 0) is 25.6 Å². The Balaban J connectivity index is 2.55. The second-order valence-corrected chi connectivity index (χ2v) is 8.66. The molecule has 1 aromatic rings. The Morgan fingerprint density at radius 1 is 1.17 bits per heavy atom. The Bertz CT molecular complexity index is 726. The summed E-state index contributed by atoms with van der Waals surface area (Å²) in [7, 11) is 4.04. The molecule has 0 aliphatic heterocycles. The summed E-state index contributed by atoms with van der Waals surface area (Å²) in [5.41, 5.74) is 0.854. The van der Waals surface area contributed by atoms with Crippen molar-refractivity contribution in [3.05, 3.63) is 30.1 Å². The van der Waals surface area contributed by atoms with E-state index in [1.54, 1.807) is 13.2 Å². The van der Waals surface area contributed by atoms with E-state index >= 15 is 0 Å². The lowest BCUT2D eigenvalue weighted by Gasteiger charge is -2.24. The highest BCUT2D eigenvalue weighted by atomic mass is 33.1. The third kappa shape index (κ3) is 10.2. The second kappa shape index (κ2) is 13.0. The first-order valence-corrected chi connectivity index (χ1v) is 11.2. The van der Waals surface area contributed by atoms with Gasteiger partial charge in [0.05, 0.1) is 0 Å². The SMILES string of the molecule is [2H]CC(=O)N[C@@H](CSSC[C@H](NC(C)=O)C(=O)N(C)CCc1ccccn1)C(=O)O. The average Bonchev–Trinajstić information content (AvgIpc) is 2.72. The highest BCUT2D eigenvalue weighted by molar-refractivity contribution is 8.76. The second-order valence-electron chi connectivity index (χ2n) is 6.11. The van der Waals surface area contributed by atoms with Crippen LogP contribution in [0.5, 0.6) is 0 Å². The van der Waals surface area contributed by atoms with Gasteiger partial charge < -0.3 is 20.6 Å². The first-order chi connectivity index (χ1) is 14.2. The molecule has 9 nitrogen and oxygen atoms in total. The van der Waals surface area contributed by atoms with E-state index in [2.05, 4.69) is 15.6 Å². The maximum absolute atomic E-state index is 12.7. The highest BCUT2D eigenvalue weighted by Crippen LogP contribution is 2.23. The molecule has 0 radical (unpaired) electrons. The van der Waals surface area contributed by atoms with Crippen molar-refractivity contribution in [1.29, 1.82) is 0 Å². The molecule has 0 bridgehead atoms. The zero-order valence-electron chi connectivity index (χ0n) is 17.3. The van der Waals surface area contributed by atoms with Crippen LogP contribution in [0.4, 0.5) is 0 Å². The number of hydrogen-bond acceptors (Lipinski definition) is 7. The lowest BCUT2D eigenvalue weighted by atomic mass is 10.2. The quantitative estimate of drug-likeness (QED) is 0.316. The van der Waals surface area contributed by atoms with Crippen molar-refractivity contribution in [2.24, 2.45) is 0 Å². The number of nitrogens with zero attached hydrogens (tertiary/aromatic N) is 2. The molecule has 1 aromatic heterocycles. The van der Waals surface area contributed by atoms with Gasteiger partial charge >= 0.3 is 5.97 Å². The van der Waals surface area contributed by atoms with Gasteiger partial charge in [-0.2, -0.15) is 0 Å². The Morgan fingerprint density at radius 3 is 2.38 bits per heavy atom. The van der Waals surface area contributed by atoms with Crippen LogP contribution in [0.2, 0.25) is 0 Å². The van der Waals surface area contributed by atoms with Gasteiger partial charge in [0.15, 0.2) is 0 Å². The smallest absolute Gasteiger partial charge is 0.327 e. The summed E-state index contributed by atoms with van der Waals surface area (Å²) < 4.78 is 6.95. The van der Waals surface area contributed by atoms with Crippen molar-refractivity contribution in [3.63, 3.8) is 0 Å². The topological polar surface area (TPSA) is 129 Å². The largest absolute Gasteiger partial charge is 0.480 e. The van der Waals surface area contributed by atoms with E-state index in [0.29, 0.717) is 13.0 Å². The van der Waals surface area contributed by atoms with E-state index in [-0.39, 0.29) is 23.3 Å². The summed E-state index contributed by atoms with van der Waals surface area (Å²) in [5.74, 6) is -2.19. The van der Waals surface area contributed by atoms with Crippen LogP contribution in [0.3, 0.4) is 0 Å². The summed E-state index contributed by atoms with van der Waals surface area (Å²) in [6, 6.07) is 3.66. The third-order valence-corrected chi connectivity index (χ3v) is 6.09. The number of hydrogen-bond donors (Lipinski definition) is 3. The van der Waals surface area contributed by atoms with Crippen LogP contribution in [0.15, 0.2) is 24.4 Å². The maximum atomic E-state index is 12.7. The van der Waals surface area contributed by atoms with Crippen LogP contribution in [-0.4, -0.2) is 75.9 Å². The molecule has 3 N–H and O–H groups in total. The van der Waals surface area contributed by atoms with Gasteiger partial charge in [-0.3, -0.25) is 19.4 Å². The van der Waals surface area contributed by atoms with Gasteiger partial charge in [-0.15, -0.1) is 0 Å². The van der Waals surface area contributed by atoms with Crippen LogP contribution in [0.1, 0.15) is 20.9 Å². The molecule has 0 saturated carbocycles. The van der Waals surface area contributed by atoms with Crippen molar-refractivity contribution >= 4 is 45.3 Å². The molecule has 11 heteroatoms. The van der Waals surface area contributed by atoms with Gasteiger partial charge in [0.2, 0.25) is 17.7 Å². The molecule has 0 aliphatic carbocycles. The summed E-state index contributed by atoms with van der Waals surface area (Å²) in [6.07, 6.45) is 2.26. The number of nitrogens with one attached hydrogen (secondary N) is 2. The molecule has 29 heavy (non-hydrogen) atoms. The molecule has 0 spiro atoms. The van der Waals surface area contributed by atoms with E-state index in [0.717, 1.165) is 16.5 Å². The zero-order chi connectivity index (χ0) is 22.5. The van der Waals surface area contributed by atoms with E-state index in [4.69, 9.17) is 6.48 Å². The Kier molecular flexibility index (Phi) is 10.4. The minimum atomic E-state index is -1.20. The molecule has 0 aromatic carbocycles. The van der Waals surface area contributed by atoms with Crippen LogP contribution in [0, 0.1) is 0 Å². The number of aliphatic carboxylic acids is 1. The number of amides is 3. The van der Waals surface area contributed by atoms with Crippen molar-refractivity contribution in [3.8, 4) is 0 Å². The maximum Gasteiger partial charge on any atom is 0.327 e. The summed E-state index contributed by atoms with van der Waals surface area (Å²) in [5, 5.41) is 14.0. The first kappa shape index (κ1) is 23.0. The fourth-order valence-electron chi connectivity index (χ4n) is 2.23. The Morgan fingerprint density at radius 2 is 1.83 bits per heavy atom. The molecule has 0 fully saturated rings. The van der Waals surface area contributed by atoms with Gasteiger partial charge in [-0.25, -0.2) is 4.79 Å². The van der Waals surface area contributed by atoms with Gasteiger partial charge in [0, 0.05) is 58.6 Å². The Hall–Kier alpha value is -2.27. The number of carboxylic acids is 1. The predicted molar refractivity (Wildman–Crippen MR) is 113 cm³/mol. The highest BCUT2D eigenvalue weighted by Gasteiger charge is 2.24. The minimum absolute atomic E-state index is 0.0578. The summed E-state index contributed by atoms with van der Waals surface area (Å²) in [6.45, 7) is 1.21. The molecule has 1 heterocycles. The molecule has 2 atom stereocenters.